The highest BCUT2D eigenvalue weighted by molar-refractivity contribution is 9.10. The molecule has 0 saturated heterocycles. The summed E-state index contributed by atoms with van der Waals surface area (Å²) in [6.45, 7) is 0.543. The molecule has 122 valence electrons. The predicted octanol–water partition coefficient (Wildman–Crippen LogP) is 3.91. The van der Waals surface area contributed by atoms with E-state index in [0.717, 1.165) is 10.2 Å². The number of hydrogen-bond donors (Lipinski definition) is 2. The number of halogens is 1. The number of benzene rings is 2. The summed E-state index contributed by atoms with van der Waals surface area (Å²) in [5.74, 6) is 1.13. The molecule has 2 aromatic carbocycles. The molecule has 0 fully saturated rings. The molecule has 1 amide bonds. The lowest BCUT2D eigenvalue weighted by atomic mass is 10.2. The molecule has 0 unspecified atom stereocenters. The number of hydrogen-bond acceptors (Lipinski definition) is 4. The minimum atomic E-state index is -0.0724. The molecular weight excluding hydrogens is 360 g/mol. The quantitative estimate of drug-likeness (QED) is 0.766. The summed E-state index contributed by atoms with van der Waals surface area (Å²) in [5, 5.41) is 6.06. The van der Waals surface area contributed by atoms with Crippen molar-refractivity contribution in [3.05, 3.63) is 46.9 Å². The van der Waals surface area contributed by atoms with Crippen LogP contribution in [-0.4, -0.2) is 26.7 Å². The van der Waals surface area contributed by atoms with Gasteiger partial charge in [-0.25, -0.2) is 0 Å². The van der Waals surface area contributed by atoms with Crippen LogP contribution in [0.4, 0.5) is 11.4 Å². The van der Waals surface area contributed by atoms with E-state index in [-0.39, 0.29) is 5.91 Å². The Balaban J connectivity index is 1.86. The third-order valence-corrected chi connectivity index (χ3v) is 3.90. The van der Waals surface area contributed by atoms with E-state index < -0.39 is 0 Å². The minimum Gasteiger partial charge on any atom is -0.493 e. The van der Waals surface area contributed by atoms with Gasteiger partial charge in [-0.15, -0.1) is 0 Å². The number of ether oxygens (including phenoxy) is 2. The van der Waals surface area contributed by atoms with Crippen LogP contribution in [0.1, 0.15) is 6.42 Å². The third-order valence-electron chi connectivity index (χ3n) is 3.21. The summed E-state index contributed by atoms with van der Waals surface area (Å²) < 4.78 is 11.4. The normalized spacial score (nSPS) is 10.0. The summed E-state index contributed by atoms with van der Waals surface area (Å²) in [6, 6.07) is 13.1. The van der Waals surface area contributed by atoms with Crippen molar-refractivity contribution in [3.8, 4) is 11.5 Å². The highest BCUT2D eigenvalue weighted by Gasteiger charge is 2.07. The van der Waals surface area contributed by atoms with Gasteiger partial charge in [-0.05, 0) is 40.2 Å². The standard InChI is InChI=1S/C17H19BrN2O3/c1-22-15-8-7-12(11-16(15)23-2)20-17(21)9-10-19-14-6-4-3-5-13(14)18/h3-8,11,19H,9-10H2,1-2H3,(H,20,21). The van der Waals surface area contributed by atoms with Crippen molar-refractivity contribution in [1.29, 1.82) is 0 Å². The molecule has 0 atom stereocenters. The van der Waals surface area contributed by atoms with Crippen molar-refractivity contribution >= 4 is 33.2 Å². The number of methoxy groups -OCH3 is 2. The first kappa shape index (κ1) is 17.1. The topological polar surface area (TPSA) is 59.6 Å². The van der Waals surface area contributed by atoms with Gasteiger partial charge in [0.15, 0.2) is 11.5 Å². The summed E-state index contributed by atoms with van der Waals surface area (Å²) in [5.41, 5.74) is 1.64. The van der Waals surface area contributed by atoms with Gasteiger partial charge < -0.3 is 20.1 Å². The van der Waals surface area contributed by atoms with Gasteiger partial charge in [0, 0.05) is 34.9 Å². The first-order valence-corrected chi connectivity index (χ1v) is 7.93. The molecule has 0 bridgehead atoms. The van der Waals surface area contributed by atoms with Gasteiger partial charge in [0.1, 0.15) is 0 Å². The van der Waals surface area contributed by atoms with Crippen molar-refractivity contribution in [2.75, 3.05) is 31.4 Å². The summed E-state index contributed by atoms with van der Waals surface area (Å²) in [6.07, 6.45) is 0.357. The Kier molecular flexibility index (Phi) is 6.29. The maximum absolute atomic E-state index is 12.0. The first-order chi connectivity index (χ1) is 11.1. The molecule has 6 heteroatoms. The van der Waals surface area contributed by atoms with Crippen LogP contribution in [0, 0.1) is 0 Å². The van der Waals surface area contributed by atoms with Crippen LogP contribution in [0.25, 0.3) is 0 Å². The molecule has 0 aliphatic rings. The van der Waals surface area contributed by atoms with Crippen LogP contribution in [0.2, 0.25) is 0 Å². The molecule has 5 nitrogen and oxygen atoms in total. The Hall–Kier alpha value is -2.21. The van der Waals surface area contributed by atoms with Crippen LogP contribution in [0.15, 0.2) is 46.9 Å². The molecule has 0 aliphatic carbocycles. The van der Waals surface area contributed by atoms with E-state index in [0.29, 0.717) is 30.2 Å². The highest BCUT2D eigenvalue weighted by atomic mass is 79.9. The van der Waals surface area contributed by atoms with Crippen LogP contribution >= 0.6 is 15.9 Å². The second-order valence-corrected chi connectivity index (χ2v) is 5.63. The van der Waals surface area contributed by atoms with Crippen molar-refractivity contribution in [1.82, 2.24) is 0 Å². The number of anilines is 2. The number of carbonyl (C=O) groups is 1. The van der Waals surface area contributed by atoms with E-state index in [1.165, 1.54) is 0 Å². The fourth-order valence-corrected chi connectivity index (χ4v) is 2.48. The molecule has 0 radical (unpaired) electrons. The zero-order valence-corrected chi connectivity index (χ0v) is 14.6. The number of rotatable bonds is 7. The van der Waals surface area contributed by atoms with Crippen LogP contribution in [-0.2, 0) is 4.79 Å². The average molecular weight is 379 g/mol. The fraction of sp³-hybridized carbons (Fsp3) is 0.235. The highest BCUT2D eigenvalue weighted by Crippen LogP contribution is 2.29. The lowest BCUT2D eigenvalue weighted by Crippen LogP contribution is -2.16. The van der Waals surface area contributed by atoms with Gasteiger partial charge in [0.25, 0.3) is 0 Å². The Morgan fingerprint density at radius 2 is 1.83 bits per heavy atom. The van der Waals surface area contributed by atoms with Gasteiger partial charge >= 0.3 is 0 Å². The molecule has 0 heterocycles. The van der Waals surface area contributed by atoms with Gasteiger partial charge in [-0.3, -0.25) is 4.79 Å². The number of para-hydroxylation sites is 1. The Morgan fingerprint density at radius 1 is 1.09 bits per heavy atom. The lowest BCUT2D eigenvalue weighted by Gasteiger charge is -2.11. The molecular formula is C17H19BrN2O3. The van der Waals surface area contributed by atoms with Crippen molar-refractivity contribution in [3.63, 3.8) is 0 Å². The van der Waals surface area contributed by atoms with E-state index >= 15 is 0 Å². The molecule has 2 rings (SSSR count). The maximum atomic E-state index is 12.0. The number of carbonyl (C=O) groups excluding carboxylic acids is 1. The van der Waals surface area contributed by atoms with E-state index in [1.807, 2.05) is 24.3 Å². The average Bonchev–Trinajstić information content (AvgIpc) is 2.56. The van der Waals surface area contributed by atoms with Crippen LogP contribution in [0.5, 0.6) is 11.5 Å². The van der Waals surface area contributed by atoms with Gasteiger partial charge in [0.2, 0.25) is 5.91 Å². The van der Waals surface area contributed by atoms with Crippen molar-refractivity contribution in [2.24, 2.45) is 0 Å². The third kappa shape index (κ3) is 4.89. The zero-order chi connectivity index (χ0) is 16.7. The Bertz CT molecular complexity index is 677. The molecule has 2 N–H and O–H groups in total. The molecule has 0 aromatic heterocycles. The van der Waals surface area contributed by atoms with Crippen LogP contribution < -0.4 is 20.1 Å². The van der Waals surface area contributed by atoms with Crippen LogP contribution in [0.3, 0.4) is 0 Å². The zero-order valence-electron chi connectivity index (χ0n) is 13.1. The van der Waals surface area contributed by atoms with E-state index in [9.17, 15) is 4.79 Å². The van der Waals surface area contributed by atoms with E-state index in [1.54, 1.807) is 32.4 Å². The molecule has 0 aliphatic heterocycles. The molecule has 0 spiro atoms. The SMILES string of the molecule is COc1ccc(NC(=O)CCNc2ccccc2Br)cc1OC. The number of amides is 1. The first-order valence-electron chi connectivity index (χ1n) is 7.14. The second-order valence-electron chi connectivity index (χ2n) is 4.77. The number of nitrogens with one attached hydrogen (secondary N) is 2. The van der Waals surface area contributed by atoms with Crippen molar-refractivity contribution in [2.45, 2.75) is 6.42 Å². The predicted molar refractivity (Wildman–Crippen MR) is 95.4 cm³/mol. The summed E-state index contributed by atoms with van der Waals surface area (Å²) >= 11 is 3.46. The largest absolute Gasteiger partial charge is 0.493 e. The van der Waals surface area contributed by atoms with E-state index in [4.69, 9.17) is 9.47 Å². The van der Waals surface area contributed by atoms with E-state index in [2.05, 4.69) is 26.6 Å². The maximum Gasteiger partial charge on any atom is 0.226 e. The summed E-state index contributed by atoms with van der Waals surface area (Å²) in [7, 11) is 3.13. The van der Waals surface area contributed by atoms with Crippen molar-refractivity contribution < 1.29 is 14.3 Å². The fourth-order valence-electron chi connectivity index (χ4n) is 2.05. The Labute approximate surface area is 144 Å². The molecule has 2 aromatic rings. The van der Waals surface area contributed by atoms with Gasteiger partial charge in [-0.2, -0.15) is 0 Å². The lowest BCUT2D eigenvalue weighted by molar-refractivity contribution is -0.115. The minimum absolute atomic E-state index is 0.0724. The second kappa shape index (κ2) is 8.43. The van der Waals surface area contributed by atoms with Gasteiger partial charge in [0.05, 0.1) is 14.2 Å². The summed E-state index contributed by atoms with van der Waals surface area (Å²) in [4.78, 5) is 12.0. The molecule has 23 heavy (non-hydrogen) atoms. The monoisotopic (exact) mass is 378 g/mol. The molecule has 0 saturated carbocycles. The Morgan fingerprint density at radius 3 is 2.52 bits per heavy atom. The van der Waals surface area contributed by atoms with Gasteiger partial charge in [-0.1, -0.05) is 12.1 Å². The smallest absolute Gasteiger partial charge is 0.226 e.